The first-order valence-corrected chi connectivity index (χ1v) is 9.14. The van der Waals surface area contributed by atoms with Gasteiger partial charge in [-0.3, -0.25) is 9.78 Å². The zero-order chi connectivity index (χ0) is 19.5. The number of carbonyl (C=O) groups excluding carboxylic acids is 1. The van der Waals surface area contributed by atoms with Crippen LogP contribution in [-0.2, 0) is 17.6 Å². The quantitative estimate of drug-likeness (QED) is 0.529. The first-order valence-electron chi connectivity index (χ1n) is 9.14. The second-order valence-corrected chi connectivity index (χ2v) is 6.80. The molecule has 4 nitrogen and oxygen atoms in total. The van der Waals surface area contributed by atoms with Crippen LogP contribution in [0.3, 0.4) is 0 Å². The van der Waals surface area contributed by atoms with Crippen molar-refractivity contribution in [2.75, 3.05) is 5.32 Å². The zero-order valence-electron chi connectivity index (χ0n) is 15.5. The van der Waals surface area contributed by atoms with Gasteiger partial charge in [-0.1, -0.05) is 30.3 Å². The molecule has 0 bridgehead atoms. The van der Waals surface area contributed by atoms with E-state index in [0.717, 1.165) is 27.7 Å². The van der Waals surface area contributed by atoms with Crippen molar-refractivity contribution in [2.45, 2.75) is 19.8 Å². The summed E-state index contributed by atoms with van der Waals surface area (Å²) in [6.45, 7) is 1.92. The van der Waals surface area contributed by atoms with E-state index in [1.165, 1.54) is 6.07 Å². The molecule has 0 atom stereocenters. The van der Waals surface area contributed by atoms with Crippen molar-refractivity contribution in [3.63, 3.8) is 0 Å². The number of hydrogen-bond donors (Lipinski definition) is 2. The Morgan fingerprint density at radius 1 is 1.04 bits per heavy atom. The summed E-state index contributed by atoms with van der Waals surface area (Å²) in [7, 11) is 0. The number of halogens is 1. The number of hydrogen-bond acceptors (Lipinski definition) is 2. The van der Waals surface area contributed by atoms with Crippen molar-refractivity contribution in [3.05, 3.63) is 95.2 Å². The number of nitrogens with zero attached hydrogens (tertiary/aromatic N) is 1. The van der Waals surface area contributed by atoms with Crippen LogP contribution in [0.25, 0.3) is 10.9 Å². The number of anilines is 1. The maximum atomic E-state index is 14.8. The molecule has 0 aliphatic carbocycles. The maximum absolute atomic E-state index is 14.8. The highest BCUT2D eigenvalue weighted by molar-refractivity contribution is 5.97. The van der Waals surface area contributed by atoms with Crippen molar-refractivity contribution in [2.24, 2.45) is 0 Å². The van der Waals surface area contributed by atoms with Crippen molar-refractivity contribution in [3.8, 4) is 0 Å². The molecule has 2 heterocycles. The first-order chi connectivity index (χ1) is 13.6. The molecule has 2 aromatic carbocycles. The van der Waals surface area contributed by atoms with E-state index >= 15 is 0 Å². The van der Waals surface area contributed by atoms with E-state index in [-0.39, 0.29) is 18.1 Å². The third-order valence-corrected chi connectivity index (χ3v) is 4.86. The van der Waals surface area contributed by atoms with Crippen molar-refractivity contribution < 1.29 is 9.18 Å². The monoisotopic (exact) mass is 373 g/mol. The van der Waals surface area contributed by atoms with E-state index in [0.29, 0.717) is 17.7 Å². The number of aromatic amines is 1. The second kappa shape index (κ2) is 7.64. The van der Waals surface area contributed by atoms with E-state index in [1.807, 2.05) is 37.3 Å². The third kappa shape index (κ3) is 3.64. The average molecular weight is 373 g/mol. The molecule has 0 spiro atoms. The number of carbonyl (C=O) groups is 1. The molecule has 2 N–H and O–H groups in total. The fourth-order valence-electron chi connectivity index (χ4n) is 3.53. The third-order valence-electron chi connectivity index (χ3n) is 4.86. The fourth-order valence-corrected chi connectivity index (χ4v) is 3.53. The number of pyridine rings is 1. The Hall–Kier alpha value is -3.47. The molecule has 0 saturated carbocycles. The molecular formula is C23H20FN3O. The van der Waals surface area contributed by atoms with Crippen LogP contribution in [0.2, 0.25) is 0 Å². The maximum Gasteiger partial charge on any atom is 0.228 e. The Labute approximate surface area is 162 Å². The van der Waals surface area contributed by atoms with Crippen LogP contribution < -0.4 is 5.32 Å². The summed E-state index contributed by atoms with van der Waals surface area (Å²) in [5.41, 5.74) is 4.87. The largest absolute Gasteiger partial charge is 0.358 e. The van der Waals surface area contributed by atoms with Gasteiger partial charge in [0.1, 0.15) is 5.82 Å². The van der Waals surface area contributed by atoms with Gasteiger partial charge in [-0.2, -0.15) is 0 Å². The van der Waals surface area contributed by atoms with Gasteiger partial charge in [-0.25, -0.2) is 4.39 Å². The van der Waals surface area contributed by atoms with Crippen LogP contribution in [0, 0.1) is 12.7 Å². The molecule has 2 aromatic heterocycles. The summed E-state index contributed by atoms with van der Waals surface area (Å²) in [5.74, 6) is -0.406. The first kappa shape index (κ1) is 17.9. The van der Waals surface area contributed by atoms with Crippen LogP contribution in [0.5, 0.6) is 0 Å². The molecule has 1 amide bonds. The Balaban J connectivity index is 1.71. The SMILES string of the molecule is Cc1[nH]c2ccc(F)c(Cc3ccccc3)c2c1CC(=O)Nc1ccncc1. The molecule has 0 saturated heterocycles. The summed E-state index contributed by atoms with van der Waals surface area (Å²) in [4.78, 5) is 19.8. The van der Waals surface area contributed by atoms with Crippen LogP contribution >= 0.6 is 0 Å². The zero-order valence-corrected chi connectivity index (χ0v) is 15.5. The summed E-state index contributed by atoms with van der Waals surface area (Å²) in [6, 6.07) is 16.5. The molecular weight excluding hydrogens is 353 g/mol. The van der Waals surface area contributed by atoms with E-state index in [1.54, 1.807) is 30.6 Å². The van der Waals surface area contributed by atoms with Gasteiger partial charge < -0.3 is 10.3 Å². The number of benzene rings is 2. The smallest absolute Gasteiger partial charge is 0.228 e. The number of fused-ring (bicyclic) bond motifs is 1. The fraction of sp³-hybridized carbons (Fsp3) is 0.130. The van der Waals surface area contributed by atoms with Gasteiger partial charge in [-0.15, -0.1) is 0 Å². The Morgan fingerprint density at radius 3 is 2.54 bits per heavy atom. The van der Waals surface area contributed by atoms with Crippen LogP contribution in [0.1, 0.15) is 22.4 Å². The molecule has 0 aliphatic heterocycles. The van der Waals surface area contributed by atoms with E-state index in [2.05, 4.69) is 15.3 Å². The van der Waals surface area contributed by atoms with Gasteiger partial charge in [-0.05, 0) is 42.3 Å². The number of amides is 1. The molecule has 4 rings (SSSR count). The Morgan fingerprint density at radius 2 is 1.79 bits per heavy atom. The van der Waals surface area contributed by atoms with E-state index in [9.17, 15) is 9.18 Å². The standard InChI is InChI=1S/C23H20FN3O/c1-15-18(14-22(28)27-17-9-11-25-12-10-17)23-19(13-16-5-3-2-4-6-16)20(24)7-8-21(23)26-15/h2-12,26H,13-14H2,1H3,(H,25,27,28). The van der Waals surface area contributed by atoms with Gasteiger partial charge in [0.2, 0.25) is 5.91 Å². The molecule has 0 unspecified atom stereocenters. The lowest BCUT2D eigenvalue weighted by atomic mass is 9.96. The predicted molar refractivity (Wildman–Crippen MR) is 109 cm³/mol. The lowest BCUT2D eigenvalue weighted by Crippen LogP contribution is -2.15. The lowest BCUT2D eigenvalue weighted by Gasteiger charge is -2.10. The molecule has 0 fully saturated rings. The molecule has 4 aromatic rings. The van der Waals surface area contributed by atoms with E-state index < -0.39 is 0 Å². The summed E-state index contributed by atoms with van der Waals surface area (Å²) < 4.78 is 14.8. The van der Waals surface area contributed by atoms with Crippen LogP contribution in [0.4, 0.5) is 10.1 Å². The highest BCUT2D eigenvalue weighted by Gasteiger charge is 2.18. The highest BCUT2D eigenvalue weighted by atomic mass is 19.1. The lowest BCUT2D eigenvalue weighted by molar-refractivity contribution is -0.115. The van der Waals surface area contributed by atoms with Gasteiger partial charge in [0.15, 0.2) is 0 Å². The summed E-state index contributed by atoms with van der Waals surface area (Å²) >= 11 is 0. The van der Waals surface area contributed by atoms with Crippen molar-refractivity contribution in [1.82, 2.24) is 9.97 Å². The molecule has 140 valence electrons. The van der Waals surface area contributed by atoms with Crippen molar-refractivity contribution >= 4 is 22.5 Å². The Kier molecular flexibility index (Phi) is 4.89. The number of rotatable bonds is 5. The second-order valence-electron chi connectivity index (χ2n) is 6.80. The van der Waals surface area contributed by atoms with Gasteiger partial charge >= 0.3 is 0 Å². The van der Waals surface area contributed by atoms with Crippen LogP contribution in [-0.4, -0.2) is 15.9 Å². The minimum absolute atomic E-state index is 0.148. The topological polar surface area (TPSA) is 57.8 Å². The number of H-pyrrole nitrogens is 1. The number of aryl methyl sites for hydroxylation is 1. The predicted octanol–water partition coefficient (Wildman–Crippen LogP) is 4.78. The minimum atomic E-state index is -0.258. The van der Waals surface area contributed by atoms with Gasteiger partial charge in [0.25, 0.3) is 0 Å². The van der Waals surface area contributed by atoms with E-state index in [4.69, 9.17) is 0 Å². The highest BCUT2D eigenvalue weighted by Crippen LogP contribution is 2.30. The molecule has 0 radical (unpaired) electrons. The minimum Gasteiger partial charge on any atom is -0.358 e. The average Bonchev–Trinajstić information content (AvgIpc) is 3.01. The molecule has 0 aliphatic rings. The summed E-state index contributed by atoms with van der Waals surface area (Å²) in [6.07, 6.45) is 3.89. The normalized spacial score (nSPS) is 10.9. The van der Waals surface area contributed by atoms with Gasteiger partial charge in [0.05, 0.1) is 6.42 Å². The molecule has 5 heteroatoms. The van der Waals surface area contributed by atoms with Gasteiger partial charge in [0, 0.05) is 46.7 Å². The van der Waals surface area contributed by atoms with Crippen LogP contribution in [0.15, 0.2) is 67.0 Å². The molecule has 28 heavy (non-hydrogen) atoms. The number of aromatic nitrogens is 2. The summed E-state index contributed by atoms with van der Waals surface area (Å²) in [5, 5.41) is 3.67. The Bertz CT molecular complexity index is 1120. The van der Waals surface area contributed by atoms with Crippen molar-refractivity contribution in [1.29, 1.82) is 0 Å². The number of nitrogens with one attached hydrogen (secondary N) is 2.